The standard InChI is InChI=1S/C19H17FN2O4S/c20-14-3-1-2-4-15(14)21-19-22-18(25)16(27-19)11-12-5-7-13(8-6-12)26-10-9-17(23)24/h1-8,11,19,21H,9-10H2,(H,22,25)(H,23,24)/b16-11-. The van der Waals surface area contributed by atoms with Crippen molar-refractivity contribution in [1.29, 1.82) is 0 Å². The van der Waals surface area contributed by atoms with Crippen molar-refractivity contribution < 1.29 is 23.8 Å². The maximum Gasteiger partial charge on any atom is 0.306 e. The van der Waals surface area contributed by atoms with Crippen LogP contribution in [-0.2, 0) is 9.59 Å². The van der Waals surface area contributed by atoms with Gasteiger partial charge in [0.15, 0.2) is 5.50 Å². The minimum absolute atomic E-state index is 0.0704. The summed E-state index contributed by atoms with van der Waals surface area (Å²) < 4.78 is 19.0. The Morgan fingerprint density at radius 1 is 1.26 bits per heavy atom. The Kier molecular flexibility index (Phi) is 5.97. The maximum atomic E-state index is 13.7. The molecule has 3 N–H and O–H groups in total. The molecule has 27 heavy (non-hydrogen) atoms. The SMILES string of the molecule is O=C(O)CCOc1ccc(/C=C2\SC(Nc3ccccc3F)NC2=O)cc1. The molecule has 1 aliphatic rings. The van der Waals surface area contributed by atoms with Crippen molar-refractivity contribution >= 4 is 35.4 Å². The summed E-state index contributed by atoms with van der Waals surface area (Å²) in [5.41, 5.74) is 0.656. The molecule has 0 radical (unpaired) electrons. The molecule has 1 fully saturated rings. The zero-order valence-electron chi connectivity index (χ0n) is 14.1. The topological polar surface area (TPSA) is 87.7 Å². The van der Waals surface area contributed by atoms with Crippen molar-refractivity contribution in [2.75, 3.05) is 11.9 Å². The first kappa shape index (κ1) is 18.8. The summed E-state index contributed by atoms with van der Waals surface area (Å²) >= 11 is 1.26. The Morgan fingerprint density at radius 2 is 2.00 bits per heavy atom. The van der Waals surface area contributed by atoms with Gasteiger partial charge in [0.05, 0.1) is 23.6 Å². The molecule has 0 aliphatic carbocycles. The van der Waals surface area contributed by atoms with E-state index in [2.05, 4.69) is 10.6 Å². The molecule has 1 atom stereocenters. The van der Waals surface area contributed by atoms with Crippen molar-refractivity contribution in [3.63, 3.8) is 0 Å². The van der Waals surface area contributed by atoms with Crippen LogP contribution in [0, 0.1) is 5.82 Å². The van der Waals surface area contributed by atoms with E-state index in [4.69, 9.17) is 9.84 Å². The molecule has 8 heteroatoms. The number of benzene rings is 2. The van der Waals surface area contributed by atoms with Crippen molar-refractivity contribution in [3.05, 3.63) is 64.8 Å². The third-order valence-electron chi connectivity index (χ3n) is 3.65. The minimum Gasteiger partial charge on any atom is -0.493 e. The van der Waals surface area contributed by atoms with Crippen molar-refractivity contribution in [2.45, 2.75) is 11.9 Å². The van der Waals surface area contributed by atoms with Crippen LogP contribution in [-0.4, -0.2) is 29.1 Å². The molecule has 0 saturated carbocycles. The van der Waals surface area contributed by atoms with Gasteiger partial charge in [-0.1, -0.05) is 36.0 Å². The van der Waals surface area contributed by atoms with E-state index in [-0.39, 0.29) is 24.8 Å². The van der Waals surface area contributed by atoms with Crippen LogP contribution in [0.5, 0.6) is 5.75 Å². The van der Waals surface area contributed by atoms with Gasteiger partial charge in [-0.15, -0.1) is 0 Å². The summed E-state index contributed by atoms with van der Waals surface area (Å²) in [6.45, 7) is 0.0947. The van der Waals surface area contributed by atoms with Gasteiger partial charge in [-0.3, -0.25) is 9.59 Å². The number of halogens is 1. The van der Waals surface area contributed by atoms with E-state index < -0.39 is 11.5 Å². The third kappa shape index (κ3) is 5.24. The molecule has 140 valence electrons. The summed E-state index contributed by atoms with van der Waals surface area (Å²) in [6.07, 6.45) is 1.66. The average molecular weight is 388 g/mol. The lowest BCUT2D eigenvalue weighted by atomic mass is 10.2. The van der Waals surface area contributed by atoms with Gasteiger partial charge in [-0.2, -0.15) is 0 Å². The molecule has 1 saturated heterocycles. The molecule has 2 aromatic carbocycles. The van der Waals surface area contributed by atoms with E-state index in [1.54, 1.807) is 48.5 Å². The summed E-state index contributed by atoms with van der Waals surface area (Å²) in [4.78, 5) is 23.1. The number of hydrogen-bond donors (Lipinski definition) is 3. The van der Waals surface area contributed by atoms with Crippen LogP contribution in [0.3, 0.4) is 0 Å². The van der Waals surface area contributed by atoms with E-state index in [1.165, 1.54) is 17.8 Å². The van der Waals surface area contributed by atoms with Crippen LogP contribution < -0.4 is 15.4 Å². The van der Waals surface area contributed by atoms with E-state index in [0.29, 0.717) is 16.3 Å². The zero-order chi connectivity index (χ0) is 19.2. The molecule has 1 aliphatic heterocycles. The lowest BCUT2D eigenvalue weighted by Crippen LogP contribution is -2.31. The zero-order valence-corrected chi connectivity index (χ0v) is 15.0. The molecule has 1 amide bonds. The summed E-state index contributed by atoms with van der Waals surface area (Å²) in [5.74, 6) is -0.987. The molecule has 3 rings (SSSR count). The van der Waals surface area contributed by atoms with Gasteiger partial charge >= 0.3 is 5.97 Å². The Morgan fingerprint density at radius 3 is 2.70 bits per heavy atom. The van der Waals surface area contributed by atoms with Crippen molar-refractivity contribution in [1.82, 2.24) is 5.32 Å². The first-order valence-corrected chi connectivity index (χ1v) is 9.04. The van der Waals surface area contributed by atoms with Gasteiger partial charge in [-0.05, 0) is 35.9 Å². The number of carboxylic acid groups (broad SMARTS) is 1. The molecular formula is C19H17FN2O4S. The second-order valence-electron chi connectivity index (χ2n) is 5.67. The second-order valence-corrected chi connectivity index (χ2v) is 6.81. The monoisotopic (exact) mass is 388 g/mol. The highest BCUT2D eigenvalue weighted by molar-refractivity contribution is 8.05. The first-order valence-electron chi connectivity index (χ1n) is 8.16. The molecule has 6 nitrogen and oxygen atoms in total. The lowest BCUT2D eigenvalue weighted by molar-refractivity contribution is -0.137. The maximum absolute atomic E-state index is 13.7. The molecule has 1 unspecified atom stereocenters. The number of anilines is 1. The number of ether oxygens (including phenoxy) is 1. The number of hydrogen-bond acceptors (Lipinski definition) is 5. The number of carbonyl (C=O) groups is 2. The third-order valence-corrected chi connectivity index (χ3v) is 4.68. The van der Waals surface area contributed by atoms with Gasteiger partial charge in [-0.25, -0.2) is 4.39 Å². The number of para-hydroxylation sites is 1. The smallest absolute Gasteiger partial charge is 0.306 e. The Bertz CT molecular complexity index is 870. The predicted molar refractivity (Wildman–Crippen MR) is 102 cm³/mol. The Labute approximate surface area is 159 Å². The van der Waals surface area contributed by atoms with Crippen LogP contribution in [0.15, 0.2) is 53.4 Å². The fraction of sp³-hybridized carbons (Fsp3) is 0.158. The molecule has 0 aromatic heterocycles. The van der Waals surface area contributed by atoms with Gasteiger partial charge < -0.3 is 20.5 Å². The highest BCUT2D eigenvalue weighted by Crippen LogP contribution is 2.31. The number of carboxylic acids is 1. The molecule has 1 heterocycles. The van der Waals surface area contributed by atoms with Gasteiger partial charge in [0.25, 0.3) is 5.91 Å². The predicted octanol–water partition coefficient (Wildman–Crippen LogP) is 3.28. The number of carbonyl (C=O) groups excluding carboxylic acids is 1. The van der Waals surface area contributed by atoms with E-state index in [1.807, 2.05) is 0 Å². The Hall–Kier alpha value is -3.00. The fourth-order valence-corrected chi connectivity index (χ4v) is 3.33. The summed E-state index contributed by atoms with van der Waals surface area (Å²) in [5, 5.41) is 14.3. The van der Waals surface area contributed by atoms with Gasteiger partial charge in [0.2, 0.25) is 0 Å². The molecule has 0 bridgehead atoms. The van der Waals surface area contributed by atoms with E-state index >= 15 is 0 Å². The summed E-state index contributed by atoms with van der Waals surface area (Å²) in [7, 11) is 0. The van der Waals surface area contributed by atoms with Gasteiger partial charge in [0, 0.05) is 0 Å². The number of thioether (sulfide) groups is 1. The molecular weight excluding hydrogens is 371 g/mol. The van der Waals surface area contributed by atoms with Crippen molar-refractivity contribution in [3.8, 4) is 5.75 Å². The lowest BCUT2D eigenvalue weighted by Gasteiger charge is -2.12. The van der Waals surface area contributed by atoms with Crippen LogP contribution in [0.1, 0.15) is 12.0 Å². The average Bonchev–Trinajstić information content (AvgIpc) is 2.97. The van der Waals surface area contributed by atoms with Crippen LogP contribution in [0.4, 0.5) is 10.1 Å². The van der Waals surface area contributed by atoms with Crippen molar-refractivity contribution in [2.24, 2.45) is 0 Å². The fourth-order valence-electron chi connectivity index (χ4n) is 2.35. The quantitative estimate of drug-likeness (QED) is 0.631. The number of nitrogens with one attached hydrogen (secondary N) is 2. The normalized spacial score (nSPS) is 17.6. The number of rotatable bonds is 7. The minimum atomic E-state index is -0.917. The largest absolute Gasteiger partial charge is 0.493 e. The number of amides is 1. The highest BCUT2D eigenvalue weighted by atomic mass is 32.2. The number of aliphatic carboxylic acids is 1. The van der Waals surface area contributed by atoms with Crippen LogP contribution in [0.25, 0.3) is 6.08 Å². The highest BCUT2D eigenvalue weighted by Gasteiger charge is 2.27. The van der Waals surface area contributed by atoms with E-state index in [9.17, 15) is 14.0 Å². The molecule has 2 aromatic rings. The van der Waals surface area contributed by atoms with Crippen LogP contribution in [0.2, 0.25) is 0 Å². The second kappa shape index (κ2) is 8.59. The molecule has 0 spiro atoms. The van der Waals surface area contributed by atoms with Gasteiger partial charge in [0.1, 0.15) is 11.6 Å². The van der Waals surface area contributed by atoms with Crippen LogP contribution >= 0.6 is 11.8 Å². The summed E-state index contributed by atoms with van der Waals surface area (Å²) in [6, 6.07) is 13.2. The Balaban J connectivity index is 1.60. The van der Waals surface area contributed by atoms with E-state index in [0.717, 1.165) is 5.56 Å². The first-order chi connectivity index (χ1) is 13.0.